The maximum absolute atomic E-state index is 14.0. The van der Waals surface area contributed by atoms with Gasteiger partial charge in [0.1, 0.15) is 17.4 Å². The Balaban J connectivity index is 0.780. The van der Waals surface area contributed by atoms with Gasteiger partial charge >= 0.3 is 0 Å². The second-order valence-electron chi connectivity index (χ2n) is 15.7. The van der Waals surface area contributed by atoms with Crippen LogP contribution in [0.15, 0.2) is 67.1 Å². The Hall–Kier alpha value is -6.56. The van der Waals surface area contributed by atoms with Crippen molar-refractivity contribution in [3.8, 4) is 0 Å². The standard InChI is InChI=1S/C42H45F2N11O5/c1-52(22-26-9-11-27(12-10-26)54-23-31(36(51-54)37(43)44)48-39(57)29-21-47-53-20-17-33(45)49-38(29)53)19-16-25-7-5-24(6-8-25)15-18-46-30-4-2-3-28-35(30)42(60)55(41(28)59)32-13-14-34(56)50-40(32)58/h2-8,17,20-21,23,26-27,32,37,46H,9-16,18-19,22H2,1H3,(H2,45,49)(H,48,57)(H,50,56,58). The highest BCUT2D eigenvalue weighted by molar-refractivity contribution is 6.25. The fourth-order valence-corrected chi connectivity index (χ4v) is 8.40. The fourth-order valence-electron chi connectivity index (χ4n) is 8.40. The van der Waals surface area contributed by atoms with Gasteiger partial charge in [-0.15, -0.1) is 0 Å². The van der Waals surface area contributed by atoms with E-state index in [1.165, 1.54) is 28.5 Å². The van der Waals surface area contributed by atoms with E-state index in [0.717, 1.165) is 55.7 Å². The lowest BCUT2D eigenvalue weighted by Gasteiger charge is -2.31. The van der Waals surface area contributed by atoms with Crippen LogP contribution in [0.4, 0.5) is 26.0 Å². The summed E-state index contributed by atoms with van der Waals surface area (Å²) in [6.45, 7) is 2.31. The van der Waals surface area contributed by atoms with Crippen molar-refractivity contribution in [1.82, 2.24) is 39.5 Å². The number of fused-ring (bicyclic) bond motifs is 2. The Morgan fingerprint density at radius 1 is 0.967 bits per heavy atom. The van der Waals surface area contributed by atoms with Gasteiger partial charge in [-0.05, 0) is 87.2 Å². The maximum Gasteiger partial charge on any atom is 0.284 e. The Bertz CT molecular complexity index is 2460. The molecule has 1 unspecified atom stereocenters. The van der Waals surface area contributed by atoms with E-state index in [2.05, 4.69) is 67.3 Å². The van der Waals surface area contributed by atoms with E-state index < -0.39 is 47.7 Å². The van der Waals surface area contributed by atoms with Crippen molar-refractivity contribution >= 4 is 52.4 Å². The third-order valence-electron chi connectivity index (χ3n) is 11.6. The molecule has 5 aromatic rings. The molecule has 5 heterocycles. The third-order valence-corrected chi connectivity index (χ3v) is 11.6. The van der Waals surface area contributed by atoms with E-state index in [9.17, 15) is 32.8 Å². The molecule has 8 rings (SSSR count). The monoisotopic (exact) mass is 821 g/mol. The van der Waals surface area contributed by atoms with Crippen LogP contribution in [-0.2, 0) is 22.4 Å². The zero-order valence-electron chi connectivity index (χ0n) is 32.9. The summed E-state index contributed by atoms with van der Waals surface area (Å²) in [5, 5.41) is 16.4. The first-order valence-corrected chi connectivity index (χ1v) is 20.1. The highest BCUT2D eigenvalue weighted by Gasteiger charge is 2.45. The smallest absolute Gasteiger partial charge is 0.284 e. The van der Waals surface area contributed by atoms with Gasteiger partial charge < -0.3 is 21.3 Å². The average molecular weight is 822 g/mol. The third kappa shape index (κ3) is 8.32. The molecule has 0 spiro atoms. The van der Waals surface area contributed by atoms with Crippen LogP contribution < -0.4 is 21.7 Å². The minimum atomic E-state index is -2.87. The molecule has 312 valence electrons. The minimum Gasteiger partial charge on any atom is -0.384 e. The number of nitrogen functional groups attached to an aromatic ring is 1. The number of halogens is 2. The van der Waals surface area contributed by atoms with Crippen LogP contribution in [0.1, 0.15) is 98.9 Å². The van der Waals surface area contributed by atoms with Crippen LogP contribution in [0.3, 0.4) is 0 Å². The predicted molar refractivity (Wildman–Crippen MR) is 216 cm³/mol. The van der Waals surface area contributed by atoms with Crippen molar-refractivity contribution in [2.24, 2.45) is 5.92 Å². The molecule has 1 saturated carbocycles. The fraction of sp³-hybridized carbons (Fsp3) is 0.381. The molecule has 1 aliphatic carbocycles. The van der Waals surface area contributed by atoms with E-state index in [-0.39, 0.29) is 52.7 Å². The zero-order valence-corrected chi connectivity index (χ0v) is 32.9. The normalized spacial score (nSPS) is 19.4. The summed E-state index contributed by atoms with van der Waals surface area (Å²) in [6.07, 6.45) is 6.63. The number of nitrogens with zero attached hydrogens (tertiary/aromatic N) is 7. The quantitative estimate of drug-likeness (QED) is 0.114. The van der Waals surface area contributed by atoms with E-state index in [4.69, 9.17) is 5.73 Å². The highest BCUT2D eigenvalue weighted by Crippen LogP contribution is 2.36. The summed E-state index contributed by atoms with van der Waals surface area (Å²) in [5.41, 5.74) is 8.90. The number of nitrogens with one attached hydrogen (secondary N) is 3. The number of amides is 5. The first kappa shape index (κ1) is 40.2. The molecule has 1 saturated heterocycles. The molecule has 3 aliphatic rings. The van der Waals surface area contributed by atoms with E-state index in [1.807, 2.05) is 0 Å². The number of rotatable bonds is 14. The Morgan fingerprint density at radius 3 is 2.45 bits per heavy atom. The molecular formula is C42H45F2N11O5. The predicted octanol–water partition coefficient (Wildman–Crippen LogP) is 4.66. The van der Waals surface area contributed by atoms with Gasteiger partial charge in [-0.1, -0.05) is 30.3 Å². The molecule has 60 heavy (non-hydrogen) atoms. The first-order valence-electron chi connectivity index (χ1n) is 20.1. The lowest BCUT2D eigenvalue weighted by molar-refractivity contribution is -0.136. The number of benzene rings is 2. The van der Waals surface area contributed by atoms with Gasteiger partial charge in [0.05, 0.1) is 29.1 Å². The summed E-state index contributed by atoms with van der Waals surface area (Å²) in [7, 11) is 2.11. The van der Waals surface area contributed by atoms with E-state index in [0.29, 0.717) is 24.6 Å². The van der Waals surface area contributed by atoms with Crippen molar-refractivity contribution < 1.29 is 32.8 Å². The summed E-state index contributed by atoms with van der Waals surface area (Å²) >= 11 is 0. The van der Waals surface area contributed by atoms with Crippen molar-refractivity contribution in [3.63, 3.8) is 0 Å². The molecule has 2 aromatic carbocycles. The van der Waals surface area contributed by atoms with E-state index >= 15 is 0 Å². The molecule has 5 N–H and O–H groups in total. The number of alkyl halides is 2. The number of carbonyl (C=O) groups excluding carboxylic acids is 5. The Morgan fingerprint density at radius 2 is 1.72 bits per heavy atom. The number of hydrogen-bond donors (Lipinski definition) is 4. The number of aromatic nitrogens is 5. The summed E-state index contributed by atoms with van der Waals surface area (Å²) < 4.78 is 31.1. The average Bonchev–Trinajstić information content (AvgIpc) is 3.92. The number of nitrogens with two attached hydrogens (primary N) is 1. The van der Waals surface area contributed by atoms with Crippen LogP contribution in [0, 0.1) is 5.92 Å². The van der Waals surface area contributed by atoms with Gasteiger partial charge in [-0.3, -0.25) is 38.9 Å². The SMILES string of the molecule is CN(CCc1ccc(CCNc2cccc3c2C(=O)N(C2CCC(=O)NC2=O)C3=O)cc1)CC1CCC(n2cc(NC(=O)c3cnn4ccc(N)nc34)c(C(F)F)n2)CC1. The van der Waals surface area contributed by atoms with Crippen molar-refractivity contribution in [3.05, 3.63) is 101 Å². The molecule has 2 fully saturated rings. The van der Waals surface area contributed by atoms with Gasteiger partial charge in [0.25, 0.3) is 24.1 Å². The minimum absolute atomic E-state index is 0.0436. The summed E-state index contributed by atoms with van der Waals surface area (Å²) in [5.74, 6) is -2.10. The Kier molecular flexibility index (Phi) is 11.4. The van der Waals surface area contributed by atoms with Crippen LogP contribution >= 0.6 is 0 Å². The number of carbonyl (C=O) groups is 5. The van der Waals surface area contributed by atoms with Gasteiger partial charge in [0.15, 0.2) is 11.3 Å². The topological polar surface area (TPSA) is 202 Å². The largest absolute Gasteiger partial charge is 0.384 e. The lowest BCUT2D eigenvalue weighted by Crippen LogP contribution is -2.54. The summed E-state index contributed by atoms with van der Waals surface area (Å²) in [6, 6.07) is 13.9. The molecule has 5 amide bonds. The van der Waals surface area contributed by atoms with E-state index in [1.54, 1.807) is 29.1 Å². The maximum atomic E-state index is 14.0. The van der Waals surface area contributed by atoms with Crippen molar-refractivity contribution in [2.75, 3.05) is 43.0 Å². The number of hydrogen-bond acceptors (Lipinski definition) is 11. The molecule has 2 aliphatic heterocycles. The van der Waals surface area contributed by atoms with Gasteiger partial charge in [0, 0.05) is 44.1 Å². The zero-order chi connectivity index (χ0) is 42.1. The number of anilines is 3. The van der Waals surface area contributed by atoms with Crippen LogP contribution in [0.5, 0.6) is 0 Å². The second kappa shape index (κ2) is 17.0. The van der Waals surface area contributed by atoms with Crippen LogP contribution in [0.25, 0.3) is 5.65 Å². The van der Waals surface area contributed by atoms with Crippen molar-refractivity contribution in [1.29, 1.82) is 0 Å². The lowest BCUT2D eigenvalue weighted by atomic mass is 9.86. The van der Waals surface area contributed by atoms with Gasteiger partial charge in [-0.2, -0.15) is 10.2 Å². The van der Waals surface area contributed by atoms with Gasteiger partial charge in [-0.25, -0.2) is 18.3 Å². The molecular weight excluding hydrogens is 777 g/mol. The second-order valence-corrected chi connectivity index (χ2v) is 15.7. The molecule has 18 heteroatoms. The summed E-state index contributed by atoms with van der Waals surface area (Å²) in [4.78, 5) is 71.1. The molecule has 0 radical (unpaired) electrons. The van der Waals surface area contributed by atoms with Crippen molar-refractivity contribution in [2.45, 2.75) is 69.9 Å². The molecule has 16 nitrogen and oxygen atoms in total. The molecule has 0 bridgehead atoms. The number of imide groups is 2. The van der Waals surface area contributed by atoms with Crippen LogP contribution in [0.2, 0.25) is 0 Å². The van der Waals surface area contributed by atoms with Gasteiger partial charge in [0.2, 0.25) is 11.8 Å². The first-order chi connectivity index (χ1) is 28.9. The number of piperidine rings is 1. The highest BCUT2D eigenvalue weighted by atomic mass is 19.3. The molecule has 1 atom stereocenters. The van der Waals surface area contributed by atoms with Crippen LogP contribution in [-0.4, -0.2) is 96.4 Å². The molecule has 3 aromatic heterocycles. The number of likely N-dealkylation sites (N-methyl/N-ethyl adjacent to an activating group) is 1. The Labute approximate surface area is 343 Å².